The number of hydrogen-bond acceptors (Lipinski definition) is 1. The predicted molar refractivity (Wildman–Crippen MR) is 21.1 cm³/mol. The number of rotatable bonds is 1. The Labute approximate surface area is 49.2 Å². The summed E-state index contributed by atoms with van der Waals surface area (Å²) in [4.78, 5) is 9.87. The summed E-state index contributed by atoms with van der Waals surface area (Å²) >= 11 is 0.731. The molecule has 0 aliphatic heterocycles. The van der Waals surface area contributed by atoms with E-state index in [0.717, 1.165) is 34.4 Å². The van der Waals surface area contributed by atoms with Gasteiger partial charge in [0.2, 0.25) is 0 Å². The standard InChI is InChI=1S/C3H5O.Na/c1-2-3-4;/h2H2,1H3;. The molecule has 0 saturated carbocycles. The summed E-state index contributed by atoms with van der Waals surface area (Å²) in [6.07, 6.45) is 0.728. The van der Waals surface area contributed by atoms with Crippen LogP contribution in [0.3, 0.4) is 0 Å². The van der Waals surface area contributed by atoms with Crippen molar-refractivity contribution in [3.05, 3.63) is 0 Å². The molecule has 0 fully saturated rings. The molecule has 0 amide bonds. The first-order chi connectivity index (χ1) is 2.27. The maximum atomic E-state index is 9.87. The van der Waals surface area contributed by atoms with E-state index in [1.807, 2.05) is 6.92 Å². The third kappa shape index (κ3) is 4.67. The summed E-state index contributed by atoms with van der Waals surface area (Å²) in [6, 6.07) is 0. The molecule has 0 N–H and O–H groups in total. The van der Waals surface area contributed by atoms with Gasteiger partial charge < -0.3 is 0 Å². The summed E-state index contributed by atoms with van der Waals surface area (Å²) < 4.78 is 0.394. The molecule has 0 aromatic carbocycles. The van der Waals surface area contributed by atoms with Crippen LogP contribution in [-0.2, 0) is 4.79 Å². The van der Waals surface area contributed by atoms with Crippen molar-refractivity contribution >= 4 is 31.0 Å². The van der Waals surface area contributed by atoms with Crippen LogP contribution in [0, 0.1) is 0 Å². The van der Waals surface area contributed by atoms with Crippen molar-refractivity contribution in [2.24, 2.45) is 0 Å². The topological polar surface area (TPSA) is 17.1 Å². The Bertz CT molecular complexity index is 42.2. The maximum absolute atomic E-state index is 9.87. The number of carbonyl (C=O) groups is 1. The molecule has 0 saturated heterocycles. The molecule has 0 bridgehead atoms. The first kappa shape index (κ1) is 5.67. The van der Waals surface area contributed by atoms with Crippen LogP contribution < -0.4 is 0 Å². The third-order valence-electron chi connectivity index (χ3n) is 0.498. The Morgan fingerprint density at radius 3 is 2.20 bits per heavy atom. The van der Waals surface area contributed by atoms with Gasteiger partial charge in [-0.3, -0.25) is 0 Å². The van der Waals surface area contributed by atoms with Crippen LogP contribution in [-0.4, -0.2) is 31.0 Å². The third-order valence-corrected chi connectivity index (χ3v) is 1.20. The number of carbonyl (C=O) groups excluding carboxylic acids is 1. The van der Waals surface area contributed by atoms with Gasteiger partial charge >= 0.3 is 49.1 Å². The second-order valence-electron chi connectivity index (χ2n) is 1.06. The summed E-state index contributed by atoms with van der Waals surface area (Å²) in [5.41, 5.74) is 0. The molecule has 0 radical (unpaired) electrons. The molecule has 0 aromatic rings. The van der Waals surface area contributed by atoms with Crippen molar-refractivity contribution in [1.82, 2.24) is 0 Å². The van der Waals surface area contributed by atoms with E-state index in [2.05, 4.69) is 0 Å². The van der Waals surface area contributed by atoms with Gasteiger partial charge in [0.25, 0.3) is 0 Å². The van der Waals surface area contributed by atoms with Crippen LogP contribution in [0.15, 0.2) is 0 Å². The van der Waals surface area contributed by atoms with Gasteiger partial charge in [-0.1, -0.05) is 0 Å². The Kier molecular flexibility index (Phi) is 3.27. The quantitative estimate of drug-likeness (QED) is 0.408. The predicted octanol–water partition coefficient (Wildman–Crippen LogP) is 0.0915. The molecule has 5 heavy (non-hydrogen) atoms. The van der Waals surface area contributed by atoms with E-state index in [-0.39, 0.29) is 0 Å². The Morgan fingerprint density at radius 1 is 2.00 bits per heavy atom. The molecule has 0 spiro atoms. The van der Waals surface area contributed by atoms with Crippen LogP contribution in [0.25, 0.3) is 0 Å². The van der Waals surface area contributed by atoms with Gasteiger partial charge in [-0.15, -0.1) is 0 Å². The summed E-state index contributed by atoms with van der Waals surface area (Å²) in [5.74, 6) is 0. The molecule has 0 aliphatic carbocycles. The first-order valence-corrected chi connectivity index (χ1v) is 2.76. The molecule has 0 heterocycles. The minimum atomic E-state index is 0.394. The minimum absolute atomic E-state index is 0.394. The van der Waals surface area contributed by atoms with Crippen LogP contribution in [0.1, 0.15) is 13.3 Å². The molecule has 0 aliphatic rings. The zero-order chi connectivity index (χ0) is 4.28. The number of hydrogen-bond donors (Lipinski definition) is 0. The van der Waals surface area contributed by atoms with Crippen molar-refractivity contribution in [2.75, 3.05) is 0 Å². The molecule has 2 heteroatoms. The van der Waals surface area contributed by atoms with Crippen molar-refractivity contribution in [3.8, 4) is 0 Å². The van der Waals surface area contributed by atoms with E-state index in [1.165, 1.54) is 0 Å². The normalized spacial score (nSPS) is 7.80. The second-order valence-corrected chi connectivity index (χ2v) is 2.17. The molecule has 24 valence electrons. The van der Waals surface area contributed by atoms with Crippen molar-refractivity contribution in [1.29, 1.82) is 0 Å². The van der Waals surface area contributed by atoms with Crippen molar-refractivity contribution in [2.45, 2.75) is 13.3 Å². The van der Waals surface area contributed by atoms with Crippen molar-refractivity contribution < 1.29 is 4.79 Å². The fourth-order valence-corrected chi connectivity index (χ4v) is 0. The molecular formula is C3H5NaO. The van der Waals surface area contributed by atoms with Gasteiger partial charge in [-0.05, 0) is 0 Å². The van der Waals surface area contributed by atoms with E-state index < -0.39 is 0 Å². The van der Waals surface area contributed by atoms with Crippen LogP contribution in [0.5, 0.6) is 0 Å². The SMILES string of the molecule is CC[C](=O)[Na]. The van der Waals surface area contributed by atoms with E-state index >= 15 is 0 Å². The van der Waals surface area contributed by atoms with E-state index in [0.29, 0.717) is 3.03 Å². The summed E-state index contributed by atoms with van der Waals surface area (Å²) in [5, 5.41) is 0. The molecular weight excluding hydrogens is 75.0 g/mol. The molecule has 0 rings (SSSR count). The summed E-state index contributed by atoms with van der Waals surface area (Å²) in [7, 11) is 0. The van der Waals surface area contributed by atoms with E-state index in [9.17, 15) is 4.79 Å². The molecule has 0 atom stereocenters. The van der Waals surface area contributed by atoms with Crippen LogP contribution >= 0.6 is 0 Å². The van der Waals surface area contributed by atoms with Crippen molar-refractivity contribution in [3.63, 3.8) is 0 Å². The Balaban J connectivity index is 2.85. The van der Waals surface area contributed by atoms with Gasteiger partial charge in [0.05, 0.1) is 0 Å². The average Bonchev–Trinajstić information content (AvgIpc) is 1.38. The molecule has 0 unspecified atom stereocenters. The summed E-state index contributed by atoms with van der Waals surface area (Å²) in [6.45, 7) is 1.88. The van der Waals surface area contributed by atoms with E-state index in [1.54, 1.807) is 0 Å². The van der Waals surface area contributed by atoms with Gasteiger partial charge in [0, 0.05) is 0 Å². The monoisotopic (exact) mass is 80.0 g/mol. The van der Waals surface area contributed by atoms with Gasteiger partial charge in [0.15, 0.2) is 0 Å². The average molecular weight is 80.1 g/mol. The Hall–Kier alpha value is 0.670. The zero-order valence-electron chi connectivity index (χ0n) is 3.62. The van der Waals surface area contributed by atoms with E-state index in [4.69, 9.17) is 0 Å². The van der Waals surface area contributed by atoms with Crippen LogP contribution in [0.4, 0.5) is 0 Å². The fraction of sp³-hybridized carbons (Fsp3) is 0.667. The zero-order valence-corrected chi connectivity index (χ0v) is 5.62. The van der Waals surface area contributed by atoms with Gasteiger partial charge in [-0.25, -0.2) is 0 Å². The second kappa shape index (κ2) is 2.88. The van der Waals surface area contributed by atoms with Gasteiger partial charge in [0.1, 0.15) is 0 Å². The van der Waals surface area contributed by atoms with Gasteiger partial charge in [-0.2, -0.15) is 0 Å². The first-order valence-electron chi connectivity index (χ1n) is 1.76. The van der Waals surface area contributed by atoms with Crippen LogP contribution in [0.2, 0.25) is 0 Å². The molecule has 1 nitrogen and oxygen atoms in total. The fourth-order valence-electron chi connectivity index (χ4n) is 0. The molecule has 0 aromatic heterocycles. The Morgan fingerprint density at radius 2 is 2.20 bits per heavy atom.